The van der Waals surface area contributed by atoms with Gasteiger partial charge in [0.1, 0.15) is 6.17 Å². The molecule has 0 amide bonds. The summed E-state index contributed by atoms with van der Waals surface area (Å²) < 4.78 is 2.18. The summed E-state index contributed by atoms with van der Waals surface area (Å²) in [7, 11) is 0. The minimum Gasteiger partial charge on any atom is -0.329 e. The van der Waals surface area contributed by atoms with Crippen molar-refractivity contribution < 1.29 is 5.21 Å². The molecule has 0 saturated carbocycles. The topological polar surface area (TPSA) is 28.4 Å². The molecule has 1 aromatic carbocycles. The molecule has 84 valence electrons. The van der Waals surface area contributed by atoms with Crippen LogP contribution in [0.2, 0.25) is 0 Å². The molecule has 1 aliphatic rings. The monoisotopic (exact) mass is 216 g/mol. The molecule has 0 aliphatic carbocycles. The Morgan fingerprint density at radius 2 is 2.19 bits per heavy atom. The Bertz CT molecular complexity index is 518. The molecule has 1 aromatic heterocycles. The van der Waals surface area contributed by atoms with Crippen LogP contribution >= 0.6 is 0 Å². The molecule has 1 atom stereocenters. The maximum atomic E-state index is 9.80. The molecule has 2 aromatic rings. The molecule has 1 unspecified atom stereocenters. The standard InChI is InChI=1S/C13H16N2O/c1-10-4-5-11-6-8-14(12(11)9-10)13-3-2-7-15(13)16/h4-6,8-9,13,16H,2-3,7H2,1H3. The number of benzene rings is 1. The van der Waals surface area contributed by atoms with Crippen molar-refractivity contribution >= 4 is 10.9 Å². The van der Waals surface area contributed by atoms with E-state index in [0.29, 0.717) is 0 Å². The van der Waals surface area contributed by atoms with Crippen LogP contribution in [-0.4, -0.2) is 21.4 Å². The zero-order valence-electron chi connectivity index (χ0n) is 9.43. The number of rotatable bonds is 1. The lowest BCUT2D eigenvalue weighted by Gasteiger charge is -2.20. The predicted molar refractivity (Wildman–Crippen MR) is 63.4 cm³/mol. The van der Waals surface area contributed by atoms with Gasteiger partial charge in [-0.2, -0.15) is 5.06 Å². The first-order chi connectivity index (χ1) is 7.75. The van der Waals surface area contributed by atoms with Gasteiger partial charge in [0.2, 0.25) is 0 Å². The van der Waals surface area contributed by atoms with Crippen molar-refractivity contribution in [2.75, 3.05) is 6.54 Å². The normalized spacial score (nSPS) is 22.0. The van der Waals surface area contributed by atoms with E-state index in [1.807, 2.05) is 0 Å². The second kappa shape index (κ2) is 3.61. The third-order valence-electron chi connectivity index (χ3n) is 3.39. The first-order valence-corrected chi connectivity index (χ1v) is 5.78. The highest BCUT2D eigenvalue weighted by Gasteiger charge is 2.24. The summed E-state index contributed by atoms with van der Waals surface area (Å²) in [5, 5.41) is 12.5. The Morgan fingerprint density at radius 3 is 2.94 bits per heavy atom. The van der Waals surface area contributed by atoms with Crippen LogP contribution in [0.25, 0.3) is 10.9 Å². The molecule has 16 heavy (non-hydrogen) atoms. The van der Waals surface area contributed by atoms with Gasteiger partial charge in [0.25, 0.3) is 0 Å². The van der Waals surface area contributed by atoms with Crippen molar-refractivity contribution in [1.29, 1.82) is 0 Å². The summed E-state index contributed by atoms with van der Waals surface area (Å²) in [5.74, 6) is 0. The Balaban J connectivity index is 2.12. The third kappa shape index (κ3) is 1.44. The lowest BCUT2D eigenvalue weighted by atomic mass is 10.2. The fourth-order valence-electron chi connectivity index (χ4n) is 2.54. The zero-order chi connectivity index (χ0) is 11.1. The molecule has 3 rings (SSSR count). The maximum Gasteiger partial charge on any atom is 0.109 e. The predicted octanol–water partition coefficient (Wildman–Crippen LogP) is 2.93. The molecule has 0 radical (unpaired) electrons. The van der Waals surface area contributed by atoms with Crippen LogP contribution in [0.5, 0.6) is 0 Å². The Labute approximate surface area is 94.9 Å². The molecule has 0 bridgehead atoms. The van der Waals surface area contributed by atoms with Gasteiger partial charge in [0.15, 0.2) is 0 Å². The van der Waals surface area contributed by atoms with Gasteiger partial charge in [-0.05, 0) is 42.8 Å². The smallest absolute Gasteiger partial charge is 0.109 e. The number of aromatic nitrogens is 1. The molecule has 2 heterocycles. The maximum absolute atomic E-state index is 9.80. The van der Waals surface area contributed by atoms with Crippen molar-refractivity contribution in [3.63, 3.8) is 0 Å². The van der Waals surface area contributed by atoms with E-state index >= 15 is 0 Å². The van der Waals surface area contributed by atoms with Gasteiger partial charge in [0, 0.05) is 18.3 Å². The van der Waals surface area contributed by atoms with Gasteiger partial charge in [-0.3, -0.25) is 0 Å². The van der Waals surface area contributed by atoms with E-state index in [4.69, 9.17) is 0 Å². The van der Waals surface area contributed by atoms with Crippen LogP contribution in [0.15, 0.2) is 30.5 Å². The van der Waals surface area contributed by atoms with Gasteiger partial charge in [-0.15, -0.1) is 0 Å². The molecular formula is C13H16N2O. The number of nitrogens with zero attached hydrogens (tertiary/aromatic N) is 2. The quantitative estimate of drug-likeness (QED) is 0.794. The Morgan fingerprint density at radius 1 is 1.31 bits per heavy atom. The first-order valence-electron chi connectivity index (χ1n) is 5.78. The second-order valence-corrected chi connectivity index (χ2v) is 4.57. The van der Waals surface area contributed by atoms with Crippen LogP contribution in [0, 0.1) is 6.92 Å². The first kappa shape index (κ1) is 9.87. The van der Waals surface area contributed by atoms with E-state index in [2.05, 4.69) is 42.0 Å². The second-order valence-electron chi connectivity index (χ2n) is 4.57. The molecule has 3 heteroatoms. The highest BCUT2D eigenvalue weighted by molar-refractivity contribution is 5.80. The summed E-state index contributed by atoms with van der Waals surface area (Å²) in [6.45, 7) is 2.87. The van der Waals surface area contributed by atoms with Crippen LogP contribution in [-0.2, 0) is 0 Å². The number of fused-ring (bicyclic) bond motifs is 1. The summed E-state index contributed by atoms with van der Waals surface area (Å²) in [6.07, 6.45) is 4.27. The summed E-state index contributed by atoms with van der Waals surface area (Å²) in [6, 6.07) is 8.55. The van der Waals surface area contributed by atoms with E-state index < -0.39 is 0 Å². The lowest BCUT2D eigenvalue weighted by molar-refractivity contribution is -0.123. The van der Waals surface area contributed by atoms with E-state index in [0.717, 1.165) is 19.4 Å². The van der Waals surface area contributed by atoms with E-state index in [1.165, 1.54) is 21.5 Å². The molecule has 3 nitrogen and oxygen atoms in total. The summed E-state index contributed by atoms with van der Waals surface area (Å²) in [4.78, 5) is 0. The van der Waals surface area contributed by atoms with E-state index in [9.17, 15) is 5.21 Å². The van der Waals surface area contributed by atoms with Gasteiger partial charge >= 0.3 is 0 Å². The molecule has 1 N–H and O–H groups in total. The molecule has 1 aliphatic heterocycles. The molecule has 1 saturated heterocycles. The highest BCUT2D eigenvalue weighted by atomic mass is 16.5. The average molecular weight is 216 g/mol. The fraction of sp³-hybridized carbons (Fsp3) is 0.385. The van der Waals surface area contributed by atoms with Crippen molar-refractivity contribution in [2.24, 2.45) is 0 Å². The van der Waals surface area contributed by atoms with Gasteiger partial charge in [-0.1, -0.05) is 12.1 Å². The number of aryl methyl sites for hydroxylation is 1. The minimum atomic E-state index is 0.110. The minimum absolute atomic E-state index is 0.110. The van der Waals surface area contributed by atoms with Gasteiger partial charge in [-0.25, -0.2) is 0 Å². The lowest BCUT2D eigenvalue weighted by Crippen LogP contribution is -2.23. The Hall–Kier alpha value is -1.32. The number of hydrogen-bond donors (Lipinski definition) is 1. The number of hydrogen-bond acceptors (Lipinski definition) is 2. The third-order valence-corrected chi connectivity index (χ3v) is 3.39. The fourth-order valence-corrected chi connectivity index (χ4v) is 2.54. The molecular weight excluding hydrogens is 200 g/mol. The largest absolute Gasteiger partial charge is 0.329 e. The van der Waals surface area contributed by atoms with Crippen molar-refractivity contribution in [1.82, 2.24) is 9.63 Å². The van der Waals surface area contributed by atoms with Crippen LogP contribution < -0.4 is 0 Å². The molecule has 0 spiro atoms. The average Bonchev–Trinajstić information content (AvgIpc) is 2.83. The van der Waals surface area contributed by atoms with Crippen molar-refractivity contribution in [3.8, 4) is 0 Å². The summed E-state index contributed by atoms with van der Waals surface area (Å²) >= 11 is 0. The van der Waals surface area contributed by atoms with E-state index in [1.54, 1.807) is 0 Å². The van der Waals surface area contributed by atoms with Crippen LogP contribution in [0.4, 0.5) is 0 Å². The summed E-state index contributed by atoms with van der Waals surface area (Å²) in [5.41, 5.74) is 2.47. The van der Waals surface area contributed by atoms with Crippen molar-refractivity contribution in [3.05, 3.63) is 36.0 Å². The van der Waals surface area contributed by atoms with Crippen LogP contribution in [0.3, 0.4) is 0 Å². The van der Waals surface area contributed by atoms with Gasteiger partial charge < -0.3 is 9.77 Å². The van der Waals surface area contributed by atoms with Crippen molar-refractivity contribution in [2.45, 2.75) is 25.9 Å². The Kier molecular flexibility index (Phi) is 2.23. The van der Waals surface area contributed by atoms with E-state index in [-0.39, 0.29) is 6.17 Å². The van der Waals surface area contributed by atoms with Crippen LogP contribution in [0.1, 0.15) is 24.6 Å². The highest BCUT2D eigenvalue weighted by Crippen LogP contribution is 2.29. The molecule has 1 fully saturated rings. The SMILES string of the molecule is Cc1ccc2ccn(C3CCCN3O)c2c1. The zero-order valence-corrected chi connectivity index (χ0v) is 9.43. The number of hydroxylamine groups is 2. The van der Waals surface area contributed by atoms with Gasteiger partial charge in [0.05, 0.1) is 0 Å².